The molecule has 1 aliphatic rings. The van der Waals surface area contributed by atoms with Crippen LogP contribution in [-0.4, -0.2) is 21.0 Å². The lowest BCUT2D eigenvalue weighted by atomic mass is 9.78. The summed E-state index contributed by atoms with van der Waals surface area (Å²) in [6, 6.07) is 0.245. The Morgan fingerprint density at radius 1 is 1.47 bits per heavy atom. The Balaban J connectivity index is 2.28. The highest BCUT2D eigenvalue weighted by atomic mass is 79.9. The first-order valence-corrected chi connectivity index (χ1v) is 6.19. The van der Waals surface area contributed by atoms with E-state index in [9.17, 15) is 0 Å². The van der Waals surface area contributed by atoms with Gasteiger partial charge in [0.25, 0.3) is 0 Å². The first-order chi connectivity index (χ1) is 7.09. The number of nitrogens with zero attached hydrogens (tertiary/aromatic N) is 3. The van der Waals surface area contributed by atoms with Crippen LogP contribution in [0.15, 0.2) is 4.60 Å². The minimum atomic E-state index is 0.245. The average molecular weight is 273 g/mol. The predicted octanol–water partition coefficient (Wildman–Crippen LogP) is 1.81. The average Bonchev–Trinajstić information content (AvgIpc) is 2.51. The van der Waals surface area contributed by atoms with Gasteiger partial charge >= 0.3 is 0 Å². The Labute approximate surface area is 98.3 Å². The highest BCUT2D eigenvalue weighted by Crippen LogP contribution is 2.37. The van der Waals surface area contributed by atoms with Gasteiger partial charge in [-0.1, -0.05) is 12.1 Å². The molecule has 1 saturated carbocycles. The zero-order chi connectivity index (χ0) is 11.0. The highest BCUT2D eigenvalue weighted by molar-refractivity contribution is 9.10. The van der Waals surface area contributed by atoms with Crippen LogP contribution in [0.1, 0.15) is 37.8 Å². The van der Waals surface area contributed by atoms with Crippen molar-refractivity contribution in [3.05, 3.63) is 10.3 Å². The molecule has 2 rings (SSSR count). The van der Waals surface area contributed by atoms with Crippen molar-refractivity contribution < 1.29 is 0 Å². The van der Waals surface area contributed by atoms with E-state index < -0.39 is 0 Å². The molecule has 84 valence electrons. The lowest BCUT2D eigenvalue weighted by Gasteiger charge is -2.32. The molecule has 4 nitrogen and oxygen atoms in total. The molecule has 1 aliphatic carbocycles. The van der Waals surface area contributed by atoms with Crippen LogP contribution in [0.3, 0.4) is 0 Å². The topological polar surface area (TPSA) is 56.7 Å². The van der Waals surface area contributed by atoms with Crippen LogP contribution >= 0.6 is 15.9 Å². The van der Waals surface area contributed by atoms with Crippen molar-refractivity contribution in [1.29, 1.82) is 0 Å². The molecule has 0 amide bonds. The zero-order valence-corrected chi connectivity index (χ0v) is 10.7. The van der Waals surface area contributed by atoms with E-state index in [2.05, 4.69) is 33.2 Å². The molecule has 2 N–H and O–H groups in total. The maximum absolute atomic E-state index is 6.18. The Kier molecular flexibility index (Phi) is 3.11. The molecular weight excluding hydrogens is 256 g/mol. The molecule has 0 bridgehead atoms. The smallest absolute Gasteiger partial charge is 0.151 e. The van der Waals surface area contributed by atoms with Crippen LogP contribution < -0.4 is 5.73 Å². The second kappa shape index (κ2) is 4.22. The Hall–Kier alpha value is -0.420. The molecule has 1 aromatic heterocycles. The summed E-state index contributed by atoms with van der Waals surface area (Å²) in [6.45, 7) is 2.29. The molecule has 15 heavy (non-hydrogen) atoms. The molecule has 1 fully saturated rings. The Bertz CT molecular complexity index is 330. The zero-order valence-electron chi connectivity index (χ0n) is 9.15. The number of nitrogens with two attached hydrogens (primary N) is 1. The lowest BCUT2D eigenvalue weighted by molar-refractivity contribution is 0.296. The van der Waals surface area contributed by atoms with Crippen molar-refractivity contribution in [2.24, 2.45) is 18.7 Å². The molecule has 0 saturated heterocycles. The van der Waals surface area contributed by atoms with E-state index in [1.54, 1.807) is 0 Å². The monoisotopic (exact) mass is 272 g/mol. The van der Waals surface area contributed by atoms with E-state index in [1.165, 1.54) is 6.42 Å². The van der Waals surface area contributed by atoms with Crippen molar-refractivity contribution in [2.45, 2.75) is 38.1 Å². The second-order valence-electron chi connectivity index (χ2n) is 4.58. The van der Waals surface area contributed by atoms with Crippen LogP contribution in [0, 0.1) is 5.92 Å². The van der Waals surface area contributed by atoms with Crippen LogP contribution in [0.4, 0.5) is 0 Å². The quantitative estimate of drug-likeness (QED) is 0.849. The first kappa shape index (κ1) is 11.1. The van der Waals surface area contributed by atoms with Gasteiger partial charge in [0.1, 0.15) is 0 Å². The van der Waals surface area contributed by atoms with E-state index in [0.717, 1.165) is 29.1 Å². The van der Waals surface area contributed by atoms with Gasteiger partial charge in [-0.25, -0.2) is 0 Å². The number of aromatic nitrogens is 3. The van der Waals surface area contributed by atoms with Gasteiger partial charge in [0.15, 0.2) is 4.60 Å². The Morgan fingerprint density at radius 3 is 2.80 bits per heavy atom. The van der Waals surface area contributed by atoms with Crippen molar-refractivity contribution in [1.82, 2.24) is 15.0 Å². The minimum Gasteiger partial charge on any atom is -0.327 e. The number of aryl methyl sites for hydroxylation is 1. The van der Waals surface area contributed by atoms with Crippen molar-refractivity contribution in [3.63, 3.8) is 0 Å². The van der Waals surface area contributed by atoms with Gasteiger partial charge in [0, 0.05) is 19.0 Å². The van der Waals surface area contributed by atoms with Gasteiger partial charge in [0.2, 0.25) is 0 Å². The summed E-state index contributed by atoms with van der Waals surface area (Å²) < 4.78 is 2.69. The third kappa shape index (κ3) is 2.08. The maximum Gasteiger partial charge on any atom is 0.151 e. The van der Waals surface area contributed by atoms with E-state index in [1.807, 2.05) is 11.7 Å². The standard InChI is InChI=1S/C10H17BrN4/c1-6-3-4-8(12)7(5-6)9-10(11)13-14-15(9)2/h6-8H,3-5,12H2,1-2H3. The summed E-state index contributed by atoms with van der Waals surface area (Å²) in [6.07, 6.45) is 3.48. The summed E-state index contributed by atoms with van der Waals surface area (Å²) in [5.41, 5.74) is 7.33. The molecule has 3 unspecified atom stereocenters. The summed E-state index contributed by atoms with van der Waals surface area (Å²) >= 11 is 3.45. The normalized spacial score (nSPS) is 31.9. The fourth-order valence-corrected chi connectivity index (χ4v) is 3.07. The summed E-state index contributed by atoms with van der Waals surface area (Å²) in [5.74, 6) is 1.14. The van der Waals surface area contributed by atoms with Gasteiger partial charge in [-0.15, -0.1) is 5.10 Å². The van der Waals surface area contributed by atoms with Crippen molar-refractivity contribution in [3.8, 4) is 0 Å². The largest absolute Gasteiger partial charge is 0.327 e. The van der Waals surface area contributed by atoms with Gasteiger partial charge in [-0.05, 0) is 41.1 Å². The molecular formula is C10H17BrN4. The molecule has 5 heteroatoms. The third-order valence-corrected chi connectivity index (χ3v) is 3.91. The van der Waals surface area contributed by atoms with E-state index in [4.69, 9.17) is 5.73 Å². The first-order valence-electron chi connectivity index (χ1n) is 5.40. The van der Waals surface area contributed by atoms with E-state index >= 15 is 0 Å². The van der Waals surface area contributed by atoms with Crippen LogP contribution in [0.2, 0.25) is 0 Å². The van der Waals surface area contributed by atoms with Gasteiger partial charge in [-0.3, -0.25) is 4.68 Å². The van der Waals surface area contributed by atoms with Crippen molar-refractivity contribution in [2.75, 3.05) is 0 Å². The molecule has 1 aromatic rings. The number of hydrogen-bond donors (Lipinski definition) is 1. The molecule has 0 aromatic carbocycles. The van der Waals surface area contributed by atoms with Crippen molar-refractivity contribution >= 4 is 15.9 Å². The summed E-state index contributed by atoms with van der Waals surface area (Å²) in [5, 5.41) is 8.04. The predicted molar refractivity (Wildman–Crippen MR) is 62.4 cm³/mol. The molecule has 3 atom stereocenters. The van der Waals surface area contributed by atoms with Gasteiger partial charge in [0.05, 0.1) is 5.69 Å². The fraction of sp³-hybridized carbons (Fsp3) is 0.800. The maximum atomic E-state index is 6.18. The number of hydrogen-bond acceptors (Lipinski definition) is 3. The number of halogens is 1. The fourth-order valence-electron chi connectivity index (χ4n) is 2.45. The van der Waals surface area contributed by atoms with Gasteiger partial charge < -0.3 is 5.73 Å². The molecule has 0 radical (unpaired) electrons. The number of rotatable bonds is 1. The summed E-state index contributed by atoms with van der Waals surface area (Å²) in [7, 11) is 1.93. The lowest BCUT2D eigenvalue weighted by Crippen LogP contribution is -2.35. The second-order valence-corrected chi connectivity index (χ2v) is 5.33. The van der Waals surface area contributed by atoms with Crippen LogP contribution in [0.5, 0.6) is 0 Å². The van der Waals surface area contributed by atoms with E-state index in [0.29, 0.717) is 5.92 Å². The molecule has 1 heterocycles. The minimum absolute atomic E-state index is 0.245. The Morgan fingerprint density at radius 2 is 2.20 bits per heavy atom. The van der Waals surface area contributed by atoms with E-state index in [-0.39, 0.29) is 6.04 Å². The molecule has 0 aliphatic heterocycles. The van der Waals surface area contributed by atoms with Crippen LogP contribution in [-0.2, 0) is 7.05 Å². The molecule has 0 spiro atoms. The summed E-state index contributed by atoms with van der Waals surface area (Å²) in [4.78, 5) is 0. The highest BCUT2D eigenvalue weighted by Gasteiger charge is 2.31. The third-order valence-electron chi connectivity index (χ3n) is 3.34. The van der Waals surface area contributed by atoms with Gasteiger partial charge in [-0.2, -0.15) is 0 Å². The SMILES string of the molecule is CC1CCC(N)C(c2c(Br)nnn2C)C1. The van der Waals surface area contributed by atoms with Crippen LogP contribution in [0.25, 0.3) is 0 Å².